The van der Waals surface area contributed by atoms with Gasteiger partial charge in [0.2, 0.25) is 5.91 Å². The van der Waals surface area contributed by atoms with Gasteiger partial charge in [0.15, 0.2) is 0 Å². The normalized spacial score (nSPS) is 28.1. The second kappa shape index (κ2) is 13.8. The minimum Gasteiger partial charge on any atom is -0.404 e. The number of carbonyl (C=O) groups excluding carboxylic acids is 2. The van der Waals surface area contributed by atoms with Gasteiger partial charge in [0.1, 0.15) is 17.6 Å². The maximum atomic E-state index is 14.3. The van der Waals surface area contributed by atoms with Crippen molar-refractivity contribution in [3.8, 4) is 0 Å². The Kier molecular flexibility index (Phi) is 9.78. The van der Waals surface area contributed by atoms with Crippen LogP contribution in [0.5, 0.6) is 0 Å². The molecule has 0 unspecified atom stereocenters. The fourth-order valence-electron chi connectivity index (χ4n) is 9.10. The lowest BCUT2D eigenvalue weighted by Crippen LogP contribution is -2.65. The monoisotopic (exact) mass is 788 g/mol. The summed E-state index contributed by atoms with van der Waals surface area (Å²) in [5, 5.41) is 11.1. The van der Waals surface area contributed by atoms with E-state index < -0.39 is 71.2 Å². The van der Waals surface area contributed by atoms with E-state index in [1.54, 1.807) is 6.92 Å². The van der Waals surface area contributed by atoms with Gasteiger partial charge < -0.3 is 30.6 Å². The van der Waals surface area contributed by atoms with Crippen molar-refractivity contribution in [1.29, 1.82) is 0 Å². The Hall–Kier alpha value is -4.58. The van der Waals surface area contributed by atoms with Gasteiger partial charge in [-0.3, -0.25) is 14.2 Å². The van der Waals surface area contributed by atoms with Crippen molar-refractivity contribution in [3.05, 3.63) is 87.6 Å². The van der Waals surface area contributed by atoms with Crippen molar-refractivity contribution in [2.45, 2.75) is 108 Å². The fourth-order valence-corrected chi connectivity index (χ4v) is 9.10. The van der Waals surface area contributed by atoms with Crippen molar-refractivity contribution in [3.63, 3.8) is 0 Å². The summed E-state index contributed by atoms with van der Waals surface area (Å²) in [4.78, 5) is 46.2. The number of anilines is 2. The van der Waals surface area contributed by atoms with Crippen molar-refractivity contribution < 1.29 is 45.2 Å². The molecule has 1 aromatic heterocycles. The predicted octanol–water partition coefficient (Wildman–Crippen LogP) is 7.04. The molecule has 18 heteroatoms. The van der Waals surface area contributed by atoms with E-state index in [1.165, 1.54) is 18.3 Å². The van der Waals surface area contributed by atoms with Gasteiger partial charge in [0.25, 0.3) is 5.56 Å². The highest BCUT2D eigenvalue weighted by Gasteiger charge is 2.68. The Bertz CT molecular complexity index is 2080. The van der Waals surface area contributed by atoms with Gasteiger partial charge in [-0.25, -0.2) is 9.78 Å². The fraction of sp³-hybridized carbons (Fsp3) is 0.526. The molecule has 4 N–H and O–H groups in total. The van der Waals surface area contributed by atoms with E-state index >= 15 is 0 Å². The third-order valence-corrected chi connectivity index (χ3v) is 12.4. The molecule has 3 saturated carbocycles. The topological polar surface area (TPSA) is 136 Å². The molecule has 300 valence electrons. The summed E-state index contributed by atoms with van der Waals surface area (Å²) < 4.78 is 93.6. The van der Waals surface area contributed by atoms with Crippen LogP contribution in [-0.2, 0) is 38.5 Å². The average molecular weight is 789 g/mol. The maximum absolute atomic E-state index is 14.3. The second-order valence-corrected chi connectivity index (χ2v) is 16.3. The first-order valence-corrected chi connectivity index (χ1v) is 18.6. The molecular weight excluding hydrogens is 745 g/mol. The maximum Gasteiger partial charge on any atom is 0.481 e. The van der Waals surface area contributed by atoms with Gasteiger partial charge in [-0.05, 0) is 92.3 Å². The number of carbonyl (C=O) groups is 2. The minimum absolute atomic E-state index is 0.0109. The Labute approximate surface area is 319 Å². The number of hydrogen-bond donors (Lipinski definition) is 4. The summed E-state index contributed by atoms with van der Waals surface area (Å²) in [6.45, 7) is 9.80. The summed E-state index contributed by atoms with van der Waals surface area (Å²) in [7, 11) is -0.760. The zero-order chi connectivity index (χ0) is 40.6. The molecule has 3 amide bonds. The van der Waals surface area contributed by atoms with Crippen molar-refractivity contribution >= 4 is 30.4 Å². The van der Waals surface area contributed by atoms with E-state index in [9.17, 15) is 40.7 Å². The van der Waals surface area contributed by atoms with Crippen molar-refractivity contribution in [2.75, 3.05) is 10.6 Å². The van der Waals surface area contributed by atoms with Crippen LogP contribution < -0.4 is 26.8 Å². The van der Waals surface area contributed by atoms with Crippen LogP contribution >= 0.6 is 0 Å². The number of rotatable bonds is 9. The number of halogens is 6. The Morgan fingerprint density at radius 2 is 1.70 bits per heavy atom. The number of nitrogens with zero attached hydrogens (tertiary/aromatic N) is 2. The summed E-state index contributed by atoms with van der Waals surface area (Å²) in [6.07, 6.45) is -5.96. The smallest absolute Gasteiger partial charge is 0.404 e. The molecule has 3 aromatic rings. The molecule has 0 spiro atoms. The third-order valence-electron chi connectivity index (χ3n) is 12.4. The number of urea groups is 1. The van der Waals surface area contributed by atoms with Gasteiger partial charge in [0.05, 0.1) is 40.5 Å². The quantitative estimate of drug-likeness (QED) is 0.135. The number of amides is 3. The van der Waals surface area contributed by atoms with E-state index in [0.717, 1.165) is 53.8 Å². The van der Waals surface area contributed by atoms with Crippen molar-refractivity contribution in [1.82, 2.24) is 20.2 Å². The molecule has 2 aromatic carbocycles. The lowest BCUT2D eigenvalue weighted by molar-refractivity contribution is -0.199. The predicted molar refractivity (Wildman–Crippen MR) is 194 cm³/mol. The largest absolute Gasteiger partial charge is 0.481 e. The first-order chi connectivity index (χ1) is 26.1. The second-order valence-electron chi connectivity index (χ2n) is 16.3. The SMILES string of the molecule is CC[C@H](NC(=O)[C@@H]1C[C@@](C)(NC(=O)Nc2ccc(C(F)(F)F)cc2)c2ncc(NCc3cccc(C(F)(F)F)c3)c(=O)n21)B1O[C@@H]2C[C@@H]3C[C@@H](C3(C)C)[C@]2(C)O1. The first kappa shape index (κ1) is 39.7. The Morgan fingerprint density at radius 3 is 2.34 bits per heavy atom. The molecule has 2 bridgehead atoms. The molecule has 7 atom stereocenters. The number of hydrogen-bond acceptors (Lipinski definition) is 7. The number of fused-ring (bicyclic) bond motifs is 1. The highest BCUT2D eigenvalue weighted by atomic mass is 19.4. The number of nitrogens with one attached hydrogen (secondary N) is 4. The molecule has 0 radical (unpaired) electrons. The molecule has 8 rings (SSSR count). The van der Waals surface area contributed by atoms with Crippen LogP contribution in [-0.4, -0.2) is 46.3 Å². The summed E-state index contributed by atoms with van der Waals surface area (Å²) in [5.74, 6) is -0.387. The first-order valence-electron chi connectivity index (χ1n) is 18.6. The van der Waals surface area contributed by atoms with Gasteiger partial charge in [-0.15, -0.1) is 0 Å². The van der Waals surface area contributed by atoms with Gasteiger partial charge >= 0.3 is 25.5 Å². The standard InChI is InChI=1S/C38H43BF6N6O5/c1-6-29(39-55-28-16-23-15-27(34(23,2)3)36(28,5)56-39)49-30(52)26-17-35(4,50-33(54)48-24-12-10-21(11-13-24)37(40,41)42)32-47-19-25(31(53)51(26)32)46-18-20-8-7-9-22(14-20)38(43,44)45/h7-14,19,23,26-29,46H,6,15-18H2,1-5H3,(H,49,52)(H2,48,50,54)/t23-,26-,27-,28+,29-,35+,36-/m0/s1. The molecule has 4 fully saturated rings. The lowest BCUT2D eigenvalue weighted by atomic mass is 9.43. The van der Waals surface area contributed by atoms with Crippen LogP contribution in [0.2, 0.25) is 0 Å². The molecular formula is C38H43BF6N6O5. The summed E-state index contributed by atoms with van der Waals surface area (Å²) in [5.41, 5.74) is -4.16. The minimum atomic E-state index is -4.57. The lowest BCUT2D eigenvalue weighted by Gasteiger charge is -2.64. The number of aromatic nitrogens is 2. The average Bonchev–Trinajstić information content (AvgIpc) is 3.63. The zero-order valence-electron chi connectivity index (χ0n) is 31.4. The van der Waals surface area contributed by atoms with Gasteiger partial charge in [-0.2, -0.15) is 26.3 Å². The summed E-state index contributed by atoms with van der Waals surface area (Å²) >= 11 is 0. The highest BCUT2D eigenvalue weighted by Crippen LogP contribution is 2.65. The molecule has 2 aliphatic heterocycles. The van der Waals surface area contributed by atoms with Crippen LogP contribution in [0.25, 0.3) is 0 Å². The molecule has 56 heavy (non-hydrogen) atoms. The highest BCUT2D eigenvalue weighted by molar-refractivity contribution is 6.47. The molecule has 3 aliphatic carbocycles. The van der Waals surface area contributed by atoms with Crippen LogP contribution in [0, 0.1) is 17.3 Å². The van der Waals surface area contributed by atoms with E-state index in [0.29, 0.717) is 12.3 Å². The molecule has 3 heterocycles. The number of benzene rings is 2. The third kappa shape index (κ3) is 7.03. The zero-order valence-corrected chi connectivity index (χ0v) is 31.4. The van der Waals surface area contributed by atoms with Gasteiger partial charge in [0, 0.05) is 18.7 Å². The molecule has 11 nitrogen and oxygen atoms in total. The van der Waals surface area contributed by atoms with E-state index in [2.05, 4.69) is 47.0 Å². The van der Waals surface area contributed by atoms with Crippen LogP contribution in [0.1, 0.15) is 88.9 Å². The van der Waals surface area contributed by atoms with E-state index in [1.807, 2.05) is 6.92 Å². The summed E-state index contributed by atoms with van der Waals surface area (Å²) in [6, 6.07) is 6.36. The Balaban J connectivity index is 1.14. The van der Waals surface area contributed by atoms with E-state index in [4.69, 9.17) is 9.31 Å². The number of alkyl halides is 6. The molecule has 1 saturated heterocycles. The van der Waals surface area contributed by atoms with Crippen LogP contribution in [0.4, 0.5) is 42.5 Å². The van der Waals surface area contributed by atoms with Crippen LogP contribution in [0.3, 0.4) is 0 Å². The Morgan fingerprint density at radius 1 is 1.00 bits per heavy atom. The molecule has 5 aliphatic rings. The van der Waals surface area contributed by atoms with Crippen LogP contribution in [0.15, 0.2) is 59.5 Å². The van der Waals surface area contributed by atoms with Crippen molar-refractivity contribution in [2.24, 2.45) is 17.3 Å². The van der Waals surface area contributed by atoms with E-state index in [-0.39, 0.29) is 53.2 Å². The van der Waals surface area contributed by atoms with Gasteiger partial charge in [-0.1, -0.05) is 32.9 Å².